The van der Waals surface area contributed by atoms with Crippen LogP contribution >= 0.6 is 11.8 Å². The Labute approximate surface area is 142 Å². The molecule has 0 spiro atoms. The van der Waals surface area contributed by atoms with E-state index in [-0.39, 0.29) is 5.56 Å². The minimum atomic E-state index is -0.184. The lowest BCUT2D eigenvalue weighted by Gasteiger charge is -1.99. The van der Waals surface area contributed by atoms with Crippen LogP contribution in [-0.4, -0.2) is 21.4 Å². The molecule has 3 rings (SSSR count). The lowest BCUT2D eigenvalue weighted by Crippen LogP contribution is -2.06. The van der Waals surface area contributed by atoms with Crippen LogP contribution in [0.3, 0.4) is 0 Å². The summed E-state index contributed by atoms with van der Waals surface area (Å²) in [6.07, 6.45) is 2.94. The molecule has 0 unspecified atom stereocenters. The summed E-state index contributed by atoms with van der Waals surface area (Å²) in [5, 5.41) is 8.83. The van der Waals surface area contributed by atoms with Crippen molar-refractivity contribution in [1.82, 2.24) is 9.97 Å². The SMILES string of the molecule is NC(=NN=Cc1ccc2nc[nH]c(=O)c2c1)SCc1ccccc1. The molecule has 0 bridgehead atoms. The molecule has 2 aromatic carbocycles. The van der Waals surface area contributed by atoms with Crippen LogP contribution in [0.5, 0.6) is 0 Å². The summed E-state index contributed by atoms with van der Waals surface area (Å²) in [7, 11) is 0. The first-order valence-corrected chi connectivity index (χ1v) is 8.21. The van der Waals surface area contributed by atoms with Crippen molar-refractivity contribution in [3.05, 3.63) is 76.3 Å². The van der Waals surface area contributed by atoms with Crippen LogP contribution in [0.1, 0.15) is 11.1 Å². The van der Waals surface area contributed by atoms with Gasteiger partial charge in [-0.25, -0.2) is 4.98 Å². The second-order valence-electron chi connectivity index (χ2n) is 4.97. The van der Waals surface area contributed by atoms with Crippen LogP contribution in [0.15, 0.2) is 69.9 Å². The second kappa shape index (κ2) is 7.56. The normalized spacial score (nSPS) is 12.1. The summed E-state index contributed by atoms with van der Waals surface area (Å²) < 4.78 is 0. The fourth-order valence-electron chi connectivity index (χ4n) is 2.08. The highest BCUT2D eigenvalue weighted by Gasteiger charge is 2.00. The van der Waals surface area contributed by atoms with E-state index in [9.17, 15) is 4.79 Å². The number of nitrogens with two attached hydrogens (primary N) is 1. The van der Waals surface area contributed by atoms with Gasteiger partial charge in [-0.1, -0.05) is 48.2 Å². The first-order valence-electron chi connectivity index (χ1n) is 7.23. The van der Waals surface area contributed by atoms with Crippen molar-refractivity contribution in [2.24, 2.45) is 15.9 Å². The summed E-state index contributed by atoms with van der Waals surface area (Å²) in [5.41, 5.74) is 8.21. The van der Waals surface area contributed by atoms with E-state index in [0.29, 0.717) is 16.1 Å². The van der Waals surface area contributed by atoms with Crippen molar-refractivity contribution in [2.45, 2.75) is 5.75 Å². The van der Waals surface area contributed by atoms with E-state index in [0.717, 1.165) is 11.3 Å². The molecular weight excluding hydrogens is 322 g/mol. The third kappa shape index (κ3) is 4.08. The van der Waals surface area contributed by atoms with E-state index in [4.69, 9.17) is 5.73 Å². The van der Waals surface area contributed by atoms with Gasteiger partial charge in [0.1, 0.15) is 0 Å². The Balaban J connectivity index is 1.67. The third-order valence-corrected chi connectivity index (χ3v) is 4.11. The van der Waals surface area contributed by atoms with Crippen molar-refractivity contribution >= 4 is 34.0 Å². The van der Waals surface area contributed by atoms with E-state index in [1.165, 1.54) is 23.7 Å². The van der Waals surface area contributed by atoms with Gasteiger partial charge in [-0.05, 0) is 23.3 Å². The number of aromatic nitrogens is 2. The third-order valence-electron chi connectivity index (χ3n) is 3.26. The largest absolute Gasteiger partial charge is 0.377 e. The van der Waals surface area contributed by atoms with Crippen molar-refractivity contribution in [3.63, 3.8) is 0 Å². The summed E-state index contributed by atoms with van der Waals surface area (Å²) in [6, 6.07) is 15.3. The van der Waals surface area contributed by atoms with E-state index in [1.54, 1.807) is 18.3 Å². The number of aromatic amines is 1. The zero-order valence-electron chi connectivity index (χ0n) is 12.7. The van der Waals surface area contributed by atoms with Gasteiger partial charge >= 0.3 is 0 Å². The van der Waals surface area contributed by atoms with Crippen molar-refractivity contribution in [3.8, 4) is 0 Å². The smallest absolute Gasteiger partial charge is 0.258 e. The van der Waals surface area contributed by atoms with Gasteiger partial charge in [0.25, 0.3) is 5.56 Å². The maximum atomic E-state index is 11.7. The van der Waals surface area contributed by atoms with Gasteiger partial charge in [0.15, 0.2) is 5.17 Å². The Bertz CT molecular complexity index is 950. The molecule has 0 fully saturated rings. The molecule has 0 atom stereocenters. The van der Waals surface area contributed by atoms with Crippen LogP contribution in [0.25, 0.3) is 10.9 Å². The molecule has 0 amide bonds. The van der Waals surface area contributed by atoms with E-state index < -0.39 is 0 Å². The number of hydrogen-bond acceptors (Lipinski definition) is 5. The fraction of sp³-hybridized carbons (Fsp3) is 0.0588. The van der Waals surface area contributed by atoms with Gasteiger partial charge in [-0.2, -0.15) is 5.10 Å². The average molecular weight is 337 g/mol. The summed E-state index contributed by atoms with van der Waals surface area (Å²) in [6.45, 7) is 0. The number of H-pyrrole nitrogens is 1. The summed E-state index contributed by atoms with van der Waals surface area (Å²) in [5.74, 6) is 0.739. The first kappa shape index (κ1) is 15.9. The zero-order chi connectivity index (χ0) is 16.8. The Morgan fingerprint density at radius 1 is 1.25 bits per heavy atom. The molecule has 0 saturated heterocycles. The Kier molecular flexibility index (Phi) is 5.02. The molecule has 1 aromatic heterocycles. The van der Waals surface area contributed by atoms with Crippen molar-refractivity contribution < 1.29 is 0 Å². The van der Waals surface area contributed by atoms with Crippen molar-refractivity contribution in [1.29, 1.82) is 0 Å². The van der Waals surface area contributed by atoms with Crippen LogP contribution in [0.2, 0.25) is 0 Å². The minimum Gasteiger partial charge on any atom is -0.377 e. The summed E-state index contributed by atoms with van der Waals surface area (Å²) in [4.78, 5) is 18.4. The van der Waals surface area contributed by atoms with Gasteiger partial charge in [0, 0.05) is 5.75 Å². The molecule has 120 valence electrons. The number of nitrogens with zero attached hydrogens (tertiary/aromatic N) is 3. The number of fused-ring (bicyclic) bond motifs is 1. The molecule has 24 heavy (non-hydrogen) atoms. The predicted octanol–water partition coefficient (Wildman–Crippen LogP) is 2.51. The predicted molar refractivity (Wildman–Crippen MR) is 99.3 cm³/mol. The van der Waals surface area contributed by atoms with Crippen LogP contribution in [0.4, 0.5) is 0 Å². The van der Waals surface area contributed by atoms with Crippen LogP contribution in [-0.2, 0) is 5.75 Å². The zero-order valence-corrected chi connectivity index (χ0v) is 13.5. The lowest BCUT2D eigenvalue weighted by atomic mass is 10.1. The molecule has 0 aliphatic carbocycles. The monoisotopic (exact) mass is 337 g/mol. The minimum absolute atomic E-state index is 0.184. The number of benzene rings is 2. The molecule has 1 heterocycles. The van der Waals surface area contributed by atoms with E-state index >= 15 is 0 Å². The first-order chi connectivity index (χ1) is 11.7. The molecule has 0 aliphatic heterocycles. The number of amidine groups is 1. The van der Waals surface area contributed by atoms with Gasteiger partial charge in [0.2, 0.25) is 0 Å². The number of rotatable bonds is 4. The van der Waals surface area contributed by atoms with Crippen LogP contribution in [0, 0.1) is 0 Å². The van der Waals surface area contributed by atoms with Gasteiger partial charge in [-0.15, -0.1) is 5.10 Å². The maximum absolute atomic E-state index is 11.7. The summed E-state index contributed by atoms with van der Waals surface area (Å²) >= 11 is 1.42. The molecule has 3 N–H and O–H groups in total. The maximum Gasteiger partial charge on any atom is 0.258 e. The molecule has 6 nitrogen and oxygen atoms in total. The Morgan fingerprint density at radius 2 is 2.08 bits per heavy atom. The van der Waals surface area contributed by atoms with Crippen molar-refractivity contribution in [2.75, 3.05) is 0 Å². The standard InChI is InChI=1S/C17H15N5OS/c18-17(24-10-12-4-2-1-3-5-12)22-21-9-13-6-7-15-14(8-13)16(23)20-11-19-15/h1-9,11H,10H2,(H2,18,22)(H,19,20,23). The fourth-order valence-corrected chi connectivity index (χ4v) is 2.69. The molecule has 7 heteroatoms. The highest BCUT2D eigenvalue weighted by Crippen LogP contribution is 2.12. The van der Waals surface area contributed by atoms with Gasteiger partial charge in [0.05, 0.1) is 23.4 Å². The van der Waals surface area contributed by atoms with Gasteiger partial charge in [-0.3, -0.25) is 4.79 Å². The molecule has 0 radical (unpaired) electrons. The molecular formula is C17H15N5OS. The molecule has 0 aliphatic rings. The number of hydrogen-bond donors (Lipinski definition) is 2. The Morgan fingerprint density at radius 3 is 2.92 bits per heavy atom. The van der Waals surface area contributed by atoms with E-state index in [1.807, 2.05) is 36.4 Å². The molecule has 3 aromatic rings. The molecule has 0 saturated carbocycles. The van der Waals surface area contributed by atoms with Gasteiger partial charge < -0.3 is 10.7 Å². The lowest BCUT2D eigenvalue weighted by molar-refractivity contribution is 1.17. The number of thioether (sulfide) groups is 1. The quantitative estimate of drug-likeness (QED) is 0.434. The van der Waals surface area contributed by atoms with Crippen LogP contribution < -0.4 is 11.3 Å². The second-order valence-corrected chi connectivity index (χ2v) is 5.96. The van der Waals surface area contributed by atoms with E-state index in [2.05, 4.69) is 20.2 Å². The topological polar surface area (TPSA) is 96.5 Å². The highest BCUT2D eigenvalue weighted by molar-refractivity contribution is 8.13. The number of nitrogens with one attached hydrogen (secondary N) is 1. The Hall–Kier alpha value is -2.93. The average Bonchev–Trinajstić information content (AvgIpc) is 2.61. The highest BCUT2D eigenvalue weighted by atomic mass is 32.2.